The Hall–Kier alpha value is -2.70. The van der Waals surface area contributed by atoms with Crippen LogP contribution in [0, 0.1) is 6.92 Å². The summed E-state index contributed by atoms with van der Waals surface area (Å²) in [6, 6.07) is 12.1. The zero-order chi connectivity index (χ0) is 17.4. The van der Waals surface area contributed by atoms with Gasteiger partial charge in [0.15, 0.2) is 5.75 Å². The van der Waals surface area contributed by atoms with Crippen molar-refractivity contribution in [2.24, 2.45) is 5.73 Å². The Labute approximate surface area is 152 Å². The summed E-state index contributed by atoms with van der Waals surface area (Å²) in [5, 5.41) is 2.94. The molecule has 124 valence electrons. The number of amides is 1. The fourth-order valence-corrected chi connectivity index (χ4v) is 4.52. The van der Waals surface area contributed by atoms with Crippen molar-refractivity contribution < 1.29 is 9.53 Å². The molecule has 0 aliphatic rings. The molecule has 1 amide bonds. The number of fused-ring (bicyclic) bond motifs is 1. The van der Waals surface area contributed by atoms with Gasteiger partial charge in [0.05, 0.1) is 15.8 Å². The minimum atomic E-state index is -0.426. The standard InChI is InChI=1S/C19H14N2O2S2/c1-11-17-14(9-21-10-16(17)25-18(11)19(20)22)23-13-6-4-12(5-7-13)15-3-2-8-24-15/h2-10H,1H3,(H2,20,22). The SMILES string of the molecule is Cc1c(C(N)=O)sc2cncc(Oc3ccc(-c4cccs4)cc3)c12. The van der Waals surface area contributed by atoms with E-state index in [1.807, 2.05) is 37.3 Å². The first kappa shape index (κ1) is 15.8. The van der Waals surface area contributed by atoms with Gasteiger partial charge in [-0.3, -0.25) is 9.78 Å². The molecule has 4 nitrogen and oxygen atoms in total. The second kappa shape index (κ2) is 6.31. The summed E-state index contributed by atoms with van der Waals surface area (Å²) in [6.07, 6.45) is 3.40. The Morgan fingerprint density at radius 2 is 1.96 bits per heavy atom. The van der Waals surface area contributed by atoms with Crippen LogP contribution < -0.4 is 10.5 Å². The number of benzene rings is 1. The van der Waals surface area contributed by atoms with Crippen LogP contribution in [0.15, 0.2) is 54.2 Å². The van der Waals surface area contributed by atoms with Gasteiger partial charge in [0.2, 0.25) is 0 Å². The van der Waals surface area contributed by atoms with Crippen LogP contribution in [0.2, 0.25) is 0 Å². The van der Waals surface area contributed by atoms with E-state index < -0.39 is 5.91 Å². The molecule has 3 aromatic heterocycles. The van der Waals surface area contributed by atoms with Gasteiger partial charge in [0.1, 0.15) is 5.75 Å². The lowest BCUT2D eigenvalue weighted by molar-refractivity contribution is 0.100. The molecule has 0 aliphatic carbocycles. The van der Waals surface area contributed by atoms with E-state index in [0.29, 0.717) is 10.6 Å². The number of primary amides is 1. The number of carbonyl (C=O) groups excluding carboxylic acids is 1. The van der Waals surface area contributed by atoms with Gasteiger partial charge in [-0.25, -0.2) is 0 Å². The molecule has 4 aromatic rings. The average molecular weight is 366 g/mol. The van der Waals surface area contributed by atoms with Crippen molar-refractivity contribution in [3.05, 3.63) is 64.6 Å². The molecule has 6 heteroatoms. The lowest BCUT2D eigenvalue weighted by atomic mass is 10.1. The molecular weight excluding hydrogens is 352 g/mol. The van der Waals surface area contributed by atoms with Crippen molar-refractivity contribution in [2.75, 3.05) is 0 Å². The highest BCUT2D eigenvalue weighted by Crippen LogP contribution is 2.38. The third kappa shape index (κ3) is 2.90. The van der Waals surface area contributed by atoms with Gasteiger partial charge in [-0.1, -0.05) is 6.07 Å². The van der Waals surface area contributed by atoms with E-state index in [2.05, 4.69) is 16.4 Å². The molecule has 25 heavy (non-hydrogen) atoms. The molecule has 0 atom stereocenters. The van der Waals surface area contributed by atoms with Crippen LogP contribution >= 0.6 is 22.7 Å². The predicted octanol–water partition coefficient (Wildman–Crippen LogP) is 5.22. The minimum Gasteiger partial charge on any atom is -0.455 e. The van der Waals surface area contributed by atoms with Crippen LogP contribution in [0.25, 0.3) is 20.5 Å². The first-order valence-corrected chi connectivity index (χ1v) is 9.32. The van der Waals surface area contributed by atoms with Gasteiger partial charge in [-0.15, -0.1) is 22.7 Å². The molecule has 0 saturated heterocycles. The minimum absolute atomic E-state index is 0.426. The van der Waals surface area contributed by atoms with Crippen LogP contribution in [0.1, 0.15) is 15.2 Å². The number of hydrogen-bond acceptors (Lipinski definition) is 5. The molecule has 0 aliphatic heterocycles. The Bertz CT molecular complexity index is 1050. The third-order valence-electron chi connectivity index (χ3n) is 3.92. The first-order chi connectivity index (χ1) is 12.1. The average Bonchev–Trinajstić information content (AvgIpc) is 3.24. The highest BCUT2D eigenvalue weighted by atomic mass is 32.1. The van der Waals surface area contributed by atoms with Gasteiger partial charge in [0.25, 0.3) is 5.91 Å². The fourth-order valence-electron chi connectivity index (χ4n) is 2.74. The molecular formula is C19H14N2O2S2. The predicted molar refractivity (Wildman–Crippen MR) is 103 cm³/mol. The van der Waals surface area contributed by atoms with Crippen LogP contribution in [0.3, 0.4) is 0 Å². The van der Waals surface area contributed by atoms with E-state index in [1.165, 1.54) is 16.2 Å². The number of thiophene rings is 2. The van der Waals surface area contributed by atoms with E-state index >= 15 is 0 Å². The summed E-state index contributed by atoms with van der Waals surface area (Å²) in [6.45, 7) is 1.88. The number of aromatic nitrogens is 1. The summed E-state index contributed by atoms with van der Waals surface area (Å²) < 4.78 is 6.92. The Kier molecular flexibility index (Phi) is 3.99. The zero-order valence-electron chi connectivity index (χ0n) is 13.4. The van der Waals surface area contributed by atoms with E-state index in [1.54, 1.807) is 23.7 Å². The van der Waals surface area contributed by atoms with E-state index in [0.717, 1.165) is 27.0 Å². The Morgan fingerprint density at radius 1 is 1.16 bits per heavy atom. The van der Waals surface area contributed by atoms with Crippen molar-refractivity contribution in [1.82, 2.24) is 4.98 Å². The highest BCUT2D eigenvalue weighted by Gasteiger charge is 2.17. The lowest BCUT2D eigenvalue weighted by Crippen LogP contribution is -2.09. The molecule has 0 fully saturated rings. The van der Waals surface area contributed by atoms with Crippen LogP contribution in [-0.4, -0.2) is 10.9 Å². The molecule has 4 rings (SSSR count). The maximum atomic E-state index is 11.6. The van der Waals surface area contributed by atoms with E-state index in [4.69, 9.17) is 10.5 Å². The van der Waals surface area contributed by atoms with Crippen LogP contribution in [0.4, 0.5) is 0 Å². The number of ether oxygens (including phenoxy) is 1. The maximum absolute atomic E-state index is 11.6. The van der Waals surface area contributed by atoms with Crippen molar-refractivity contribution >= 4 is 38.7 Å². The Balaban J connectivity index is 1.70. The summed E-state index contributed by atoms with van der Waals surface area (Å²) in [7, 11) is 0. The van der Waals surface area contributed by atoms with Gasteiger partial charge >= 0.3 is 0 Å². The summed E-state index contributed by atoms with van der Waals surface area (Å²) in [5.41, 5.74) is 7.44. The zero-order valence-corrected chi connectivity index (χ0v) is 15.0. The van der Waals surface area contributed by atoms with Gasteiger partial charge in [-0.05, 0) is 53.8 Å². The third-order valence-corrected chi connectivity index (χ3v) is 6.08. The number of carbonyl (C=O) groups is 1. The quantitative estimate of drug-likeness (QED) is 0.538. The summed E-state index contributed by atoms with van der Waals surface area (Å²) in [5.74, 6) is 0.924. The fraction of sp³-hybridized carbons (Fsp3) is 0.0526. The first-order valence-electron chi connectivity index (χ1n) is 7.62. The molecule has 0 radical (unpaired) electrons. The molecule has 0 saturated carbocycles. The number of hydrogen-bond donors (Lipinski definition) is 1. The maximum Gasteiger partial charge on any atom is 0.259 e. The van der Waals surface area contributed by atoms with Gasteiger partial charge < -0.3 is 10.5 Å². The van der Waals surface area contributed by atoms with Crippen LogP contribution in [-0.2, 0) is 0 Å². The molecule has 3 heterocycles. The number of aryl methyl sites for hydroxylation is 1. The number of rotatable bonds is 4. The van der Waals surface area contributed by atoms with Crippen molar-refractivity contribution in [3.8, 4) is 21.9 Å². The number of pyridine rings is 1. The van der Waals surface area contributed by atoms with Crippen molar-refractivity contribution in [1.29, 1.82) is 0 Å². The lowest BCUT2D eigenvalue weighted by Gasteiger charge is -2.08. The molecule has 0 bridgehead atoms. The van der Waals surface area contributed by atoms with Crippen LogP contribution in [0.5, 0.6) is 11.5 Å². The largest absolute Gasteiger partial charge is 0.455 e. The normalized spacial score (nSPS) is 10.9. The van der Waals surface area contributed by atoms with Gasteiger partial charge in [-0.2, -0.15) is 0 Å². The molecule has 2 N–H and O–H groups in total. The monoisotopic (exact) mass is 366 g/mol. The second-order valence-electron chi connectivity index (χ2n) is 5.53. The smallest absolute Gasteiger partial charge is 0.259 e. The number of nitrogens with two attached hydrogens (primary N) is 1. The van der Waals surface area contributed by atoms with Crippen molar-refractivity contribution in [3.63, 3.8) is 0 Å². The molecule has 1 aromatic carbocycles. The summed E-state index contributed by atoms with van der Waals surface area (Å²) in [4.78, 5) is 17.6. The van der Waals surface area contributed by atoms with E-state index in [9.17, 15) is 4.79 Å². The van der Waals surface area contributed by atoms with Gasteiger partial charge in [0, 0.05) is 16.5 Å². The van der Waals surface area contributed by atoms with E-state index in [-0.39, 0.29) is 0 Å². The second-order valence-corrected chi connectivity index (χ2v) is 7.53. The highest BCUT2D eigenvalue weighted by molar-refractivity contribution is 7.21. The summed E-state index contributed by atoms with van der Waals surface area (Å²) >= 11 is 3.04. The molecule has 0 spiro atoms. The topological polar surface area (TPSA) is 65.2 Å². The Morgan fingerprint density at radius 3 is 2.64 bits per heavy atom. The van der Waals surface area contributed by atoms with Crippen molar-refractivity contribution in [2.45, 2.75) is 6.92 Å². The molecule has 0 unspecified atom stereocenters. The number of nitrogens with zero attached hydrogens (tertiary/aromatic N) is 1.